The second-order valence-electron chi connectivity index (χ2n) is 5.28. The smallest absolute Gasteiger partial charge is 0.262 e. The zero-order chi connectivity index (χ0) is 15.6. The third kappa shape index (κ3) is 5.12. The summed E-state index contributed by atoms with van der Waals surface area (Å²) in [5, 5.41) is 9.20. The Labute approximate surface area is 149 Å². The fraction of sp³-hybridized carbons (Fsp3) is 0.357. The summed E-state index contributed by atoms with van der Waals surface area (Å²) in [6.45, 7) is 0.0564. The summed E-state index contributed by atoms with van der Waals surface area (Å²) in [5.41, 5.74) is 1.49. The fourth-order valence-corrected chi connectivity index (χ4v) is 2.38. The minimum Gasteiger partial charge on any atom is -0.325 e. The number of carbonyl (C=O) groups is 1. The number of aromatic nitrogens is 3. The number of amides is 1. The second-order valence-corrected chi connectivity index (χ2v) is 5.28. The van der Waals surface area contributed by atoms with Crippen LogP contribution in [0.3, 0.4) is 0 Å². The van der Waals surface area contributed by atoms with Crippen molar-refractivity contribution in [2.75, 3.05) is 11.9 Å². The molecular formula is C14H17Cl2F2N5O. The summed E-state index contributed by atoms with van der Waals surface area (Å²) in [5.74, 6) is -3.27. The largest absolute Gasteiger partial charge is 0.325 e. The van der Waals surface area contributed by atoms with Gasteiger partial charge in [-0.15, -0.1) is 24.8 Å². The highest BCUT2D eigenvalue weighted by Crippen LogP contribution is 2.25. The van der Waals surface area contributed by atoms with E-state index in [1.807, 2.05) is 6.07 Å². The van der Waals surface area contributed by atoms with Crippen LogP contribution in [0.15, 0.2) is 36.9 Å². The molecule has 0 spiro atoms. The van der Waals surface area contributed by atoms with Gasteiger partial charge in [0.1, 0.15) is 12.7 Å². The lowest BCUT2D eigenvalue weighted by atomic mass is 10.1. The third-order valence-corrected chi connectivity index (χ3v) is 3.43. The summed E-state index contributed by atoms with van der Waals surface area (Å²) >= 11 is 0. The number of nitrogens with one attached hydrogen (secondary N) is 2. The normalized spacial score (nSPS) is 18.3. The average molecular weight is 380 g/mol. The van der Waals surface area contributed by atoms with E-state index in [1.54, 1.807) is 29.2 Å². The minimum atomic E-state index is -2.82. The van der Waals surface area contributed by atoms with Gasteiger partial charge in [-0.25, -0.2) is 18.4 Å². The quantitative estimate of drug-likeness (QED) is 0.853. The topological polar surface area (TPSA) is 71.8 Å². The van der Waals surface area contributed by atoms with E-state index >= 15 is 0 Å². The molecule has 2 aromatic rings. The van der Waals surface area contributed by atoms with Crippen LogP contribution in [-0.2, 0) is 11.3 Å². The van der Waals surface area contributed by atoms with Crippen LogP contribution in [0.5, 0.6) is 0 Å². The molecule has 3 rings (SSSR count). The van der Waals surface area contributed by atoms with Crippen molar-refractivity contribution in [1.82, 2.24) is 20.1 Å². The Balaban J connectivity index is 0.00000144. The van der Waals surface area contributed by atoms with Gasteiger partial charge in [-0.1, -0.05) is 12.1 Å². The Bertz CT molecular complexity index is 669. The molecule has 10 heteroatoms. The molecule has 0 saturated carbocycles. The highest BCUT2D eigenvalue weighted by Gasteiger charge is 2.42. The fourth-order valence-electron chi connectivity index (χ4n) is 2.38. The predicted molar refractivity (Wildman–Crippen MR) is 90.0 cm³/mol. The molecule has 1 aliphatic rings. The van der Waals surface area contributed by atoms with Crippen LogP contribution in [-0.4, -0.2) is 39.2 Å². The summed E-state index contributed by atoms with van der Waals surface area (Å²) in [4.78, 5) is 15.9. The number of halogens is 4. The van der Waals surface area contributed by atoms with Gasteiger partial charge in [0.25, 0.3) is 5.92 Å². The second kappa shape index (κ2) is 8.36. The van der Waals surface area contributed by atoms with E-state index in [4.69, 9.17) is 0 Å². The van der Waals surface area contributed by atoms with Crippen molar-refractivity contribution in [3.63, 3.8) is 0 Å². The van der Waals surface area contributed by atoms with Crippen LogP contribution in [0.1, 0.15) is 12.0 Å². The van der Waals surface area contributed by atoms with Crippen molar-refractivity contribution in [3.05, 3.63) is 42.5 Å². The molecule has 1 saturated heterocycles. The maximum Gasteiger partial charge on any atom is 0.262 e. The van der Waals surface area contributed by atoms with Crippen LogP contribution in [0.2, 0.25) is 0 Å². The summed E-state index contributed by atoms with van der Waals surface area (Å²) in [7, 11) is 0. The van der Waals surface area contributed by atoms with Crippen LogP contribution in [0.25, 0.3) is 0 Å². The third-order valence-electron chi connectivity index (χ3n) is 3.43. The van der Waals surface area contributed by atoms with E-state index in [9.17, 15) is 13.6 Å². The van der Waals surface area contributed by atoms with Gasteiger partial charge in [-0.05, 0) is 17.7 Å². The molecule has 1 aromatic carbocycles. The van der Waals surface area contributed by atoms with Gasteiger partial charge in [0.2, 0.25) is 5.91 Å². The average Bonchev–Trinajstić information content (AvgIpc) is 3.08. The van der Waals surface area contributed by atoms with Gasteiger partial charge >= 0.3 is 0 Å². The van der Waals surface area contributed by atoms with Gasteiger partial charge in [-0.2, -0.15) is 5.10 Å². The number of hydrogen-bond donors (Lipinski definition) is 2. The van der Waals surface area contributed by atoms with E-state index in [2.05, 4.69) is 20.7 Å². The number of hydrogen-bond acceptors (Lipinski definition) is 4. The molecule has 0 bridgehead atoms. The predicted octanol–water partition coefficient (Wildman–Crippen LogP) is 2.11. The molecule has 1 aromatic heterocycles. The molecule has 2 heterocycles. The molecule has 1 fully saturated rings. The number of carbonyl (C=O) groups excluding carboxylic acids is 1. The SMILES string of the molecule is Cl.Cl.O=C(Nc1cccc(Cn2cncn2)c1)C1CC(F)(F)CN1. The molecule has 2 N–H and O–H groups in total. The molecule has 1 unspecified atom stereocenters. The van der Waals surface area contributed by atoms with Gasteiger partial charge in [0, 0.05) is 12.1 Å². The van der Waals surface area contributed by atoms with E-state index in [1.165, 1.54) is 6.33 Å². The Morgan fingerprint density at radius 1 is 1.42 bits per heavy atom. The highest BCUT2D eigenvalue weighted by molar-refractivity contribution is 5.95. The maximum atomic E-state index is 13.1. The summed E-state index contributed by atoms with van der Waals surface area (Å²) < 4.78 is 27.9. The number of alkyl halides is 2. The lowest BCUT2D eigenvalue weighted by Crippen LogP contribution is -2.35. The first-order valence-electron chi connectivity index (χ1n) is 6.85. The van der Waals surface area contributed by atoms with Crippen molar-refractivity contribution >= 4 is 36.4 Å². The van der Waals surface area contributed by atoms with Gasteiger partial charge in [0.05, 0.1) is 19.1 Å². The standard InChI is InChI=1S/C14H15F2N5O.2ClH/c15-14(16)5-12(18-7-14)13(22)20-11-3-1-2-10(4-11)6-21-9-17-8-19-21;;/h1-4,8-9,12,18H,5-7H2,(H,20,22);2*1H. The lowest BCUT2D eigenvalue weighted by molar-refractivity contribution is -0.118. The van der Waals surface area contributed by atoms with Crippen LogP contribution in [0.4, 0.5) is 14.5 Å². The van der Waals surface area contributed by atoms with Crippen molar-refractivity contribution in [1.29, 1.82) is 0 Å². The van der Waals surface area contributed by atoms with Crippen LogP contribution < -0.4 is 10.6 Å². The van der Waals surface area contributed by atoms with E-state index in [-0.39, 0.29) is 24.8 Å². The lowest BCUT2D eigenvalue weighted by Gasteiger charge is -2.12. The van der Waals surface area contributed by atoms with Gasteiger partial charge in [0.15, 0.2) is 0 Å². The van der Waals surface area contributed by atoms with Gasteiger partial charge < -0.3 is 5.32 Å². The number of nitrogens with zero attached hydrogens (tertiary/aromatic N) is 3. The maximum absolute atomic E-state index is 13.1. The minimum absolute atomic E-state index is 0. The van der Waals surface area contributed by atoms with E-state index in [0.29, 0.717) is 12.2 Å². The molecule has 0 aliphatic carbocycles. The van der Waals surface area contributed by atoms with Crippen molar-refractivity contribution in [2.45, 2.75) is 24.9 Å². The van der Waals surface area contributed by atoms with E-state index in [0.717, 1.165) is 5.56 Å². The van der Waals surface area contributed by atoms with E-state index < -0.39 is 30.8 Å². The summed E-state index contributed by atoms with van der Waals surface area (Å²) in [6, 6.07) is 6.31. The van der Waals surface area contributed by atoms with Crippen molar-refractivity contribution in [2.24, 2.45) is 0 Å². The van der Waals surface area contributed by atoms with Crippen LogP contribution >= 0.6 is 24.8 Å². The number of benzene rings is 1. The molecule has 1 aliphatic heterocycles. The first-order chi connectivity index (χ1) is 10.5. The molecular weight excluding hydrogens is 363 g/mol. The molecule has 24 heavy (non-hydrogen) atoms. The molecule has 6 nitrogen and oxygen atoms in total. The Hall–Kier alpha value is -1.77. The van der Waals surface area contributed by atoms with Crippen LogP contribution in [0, 0.1) is 0 Å². The summed E-state index contributed by atoms with van der Waals surface area (Å²) in [6.07, 6.45) is 2.56. The molecule has 1 amide bonds. The molecule has 132 valence electrons. The highest BCUT2D eigenvalue weighted by atomic mass is 35.5. The Morgan fingerprint density at radius 2 is 2.21 bits per heavy atom. The molecule has 0 radical (unpaired) electrons. The monoisotopic (exact) mass is 379 g/mol. The first-order valence-corrected chi connectivity index (χ1v) is 6.85. The molecule has 1 atom stereocenters. The zero-order valence-electron chi connectivity index (χ0n) is 12.5. The number of anilines is 1. The van der Waals surface area contributed by atoms with Crippen molar-refractivity contribution < 1.29 is 13.6 Å². The Kier molecular flexibility index (Phi) is 7.07. The van der Waals surface area contributed by atoms with Crippen molar-refractivity contribution in [3.8, 4) is 0 Å². The Morgan fingerprint density at radius 3 is 2.83 bits per heavy atom. The van der Waals surface area contributed by atoms with Gasteiger partial charge in [-0.3, -0.25) is 10.1 Å². The zero-order valence-corrected chi connectivity index (χ0v) is 14.1. The number of rotatable bonds is 4. The first kappa shape index (κ1) is 20.3.